The number of nitrogens with two attached hydrogens (primary N) is 1. The lowest BCUT2D eigenvalue weighted by Crippen LogP contribution is -3.00. The van der Waals surface area contributed by atoms with Crippen LogP contribution in [0.2, 0.25) is 0 Å². The van der Waals surface area contributed by atoms with Gasteiger partial charge in [0.15, 0.2) is 0 Å². The van der Waals surface area contributed by atoms with Gasteiger partial charge in [-0.15, -0.1) is 0 Å². The van der Waals surface area contributed by atoms with Crippen LogP contribution in [0.3, 0.4) is 0 Å². The van der Waals surface area contributed by atoms with Crippen molar-refractivity contribution in [1.82, 2.24) is 0 Å². The zero-order valence-corrected chi connectivity index (χ0v) is 7.92. The Labute approximate surface area is 72.2 Å². The van der Waals surface area contributed by atoms with Crippen molar-refractivity contribution in [2.24, 2.45) is 7.05 Å². The second-order valence-electron chi connectivity index (χ2n) is 1.48. The van der Waals surface area contributed by atoms with Crippen molar-refractivity contribution >= 4 is 32.4 Å². The zero-order valence-electron chi connectivity index (χ0n) is 4.77. The summed E-state index contributed by atoms with van der Waals surface area (Å²) in [7, 11) is 1.91. The maximum Gasteiger partial charge on any atom is 0.332 e. The number of halogens is 2. The number of hydrogen-bond donors (Lipinski definition) is 1. The first-order valence-corrected chi connectivity index (χ1v) is 3.71. The normalized spacial score (nSPS) is 8.67. The van der Waals surface area contributed by atoms with E-state index in [2.05, 4.69) is 15.9 Å². The van der Waals surface area contributed by atoms with Gasteiger partial charge in [0, 0.05) is 0 Å². The van der Waals surface area contributed by atoms with Gasteiger partial charge in [-0.25, -0.2) is 4.57 Å². The Hall–Kier alpha value is 0.200. The van der Waals surface area contributed by atoms with E-state index in [0.717, 1.165) is 8.92 Å². The minimum atomic E-state index is 0. The van der Waals surface area contributed by atoms with Gasteiger partial charge >= 0.3 is 5.13 Å². The van der Waals surface area contributed by atoms with Crippen molar-refractivity contribution in [3.63, 3.8) is 0 Å². The average Bonchev–Trinajstić information content (AvgIpc) is 1.85. The highest BCUT2D eigenvalue weighted by molar-refractivity contribution is 9.11. The second kappa shape index (κ2) is 3.39. The number of aryl methyl sites for hydroxylation is 1. The summed E-state index contributed by atoms with van der Waals surface area (Å²) >= 11 is 4.83. The second-order valence-corrected chi connectivity index (χ2v) is 3.93. The predicted molar refractivity (Wildman–Crippen MR) is 37.6 cm³/mol. The molecule has 0 aromatic carbocycles. The quantitative estimate of drug-likeness (QED) is 0.509. The summed E-state index contributed by atoms with van der Waals surface area (Å²) in [6, 6.07) is 0. The van der Waals surface area contributed by atoms with Gasteiger partial charge in [0.2, 0.25) is 0 Å². The molecule has 2 nitrogen and oxygen atoms in total. The summed E-state index contributed by atoms with van der Waals surface area (Å²) < 4.78 is 2.94. The summed E-state index contributed by atoms with van der Waals surface area (Å²) in [5.74, 6) is 0. The highest BCUT2D eigenvalue weighted by atomic mass is 79.9. The molecule has 1 aromatic rings. The van der Waals surface area contributed by atoms with Gasteiger partial charge in [-0.2, -0.15) is 0 Å². The number of hydrogen-bond acceptors (Lipinski definition) is 2. The molecule has 0 bridgehead atoms. The van der Waals surface area contributed by atoms with Crippen LogP contribution in [-0.2, 0) is 7.05 Å². The third-order valence-electron chi connectivity index (χ3n) is 0.845. The fourth-order valence-corrected chi connectivity index (χ4v) is 1.83. The van der Waals surface area contributed by atoms with E-state index in [-0.39, 0.29) is 12.4 Å². The van der Waals surface area contributed by atoms with Crippen molar-refractivity contribution in [1.29, 1.82) is 0 Å². The van der Waals surface area contributed by atoms with E-state index < -0.39 is 0 Å². The molecule has 0 amide bonds. The van der Waals surface area contributed by atoms with Crippen LogP contribution in [0, 0.1) is 0 Å². The molecule has 1 aromatic heterocycles. The highest BCUT2D eigenvalue weighted by Gasteiger charge is 2.02. The molecular formula is C4H6BrClN2S. The zero-order chi connectivity index (χ0) is 6.15. The third kappa shape index (κ3) is 2.12. The van der Waals surface area contributed by atoms with Crippen LogP contribution in [0.15, 0.2) is 9.98 Å². The Morgan fingerprint density at radius 1 is 1.78 bits per heavy atom. The van der Waals surface area contributed by atoms with E-state index in [9.17, 15) is 0 Å². The molecule has 52 valence electrons. The largest absolute Gasteiger partial charge is 1.00 e. The minimum absolute atomic E-state index is 0. The smallest absolute Gasteiger partial charge is 0.332 e. The van der Waals surface area contributed by atoms with Crippen LogP contribution in [0.1, 0.15) is 0 Å². The first-order chi connectivity index (χ1) is 3.70. The Balaban J connectivity index is 0.000000640. The highest BCUT2D eigenvalue weighted by Crippen LogP contribution is 2.17. The van der Waals surface area contributed by atoms with Crippen LogP contribution < -0.4 is 22.7 Å². The van der Waals surface area contributed by atoms with Gasteiger partial charge in [-0.1, -0.05) is 0 Å². The minimum Gasteiger partial charge on any atom is -1.00 e. The standard InChI is InChI=1S/C4H5BrN2S.ClH/c1-7-2-3(5)8-4(7)6;/h2,6H,1H3;1H. The molecule has 5 heteroatoms. The summed E-state index contributed by atoms with van der Waals surface area (Å²) in [4.78, 5) is 0. The number of rotatable bonds is 0. The van der Waals surface area contributed by atoms with E-state index in [1.807, 2.05) is 17.8 Å². The van der Waals surface area contributed by atoms with Crippen molar-refractivity contribution < 1.29 is 17.0 Å². The number of nitrogens with zero attached hydrogens (tertiary/aromatic N) is 1. The van der Waals surface area contributed by atoms with Crippen LogP contribution >= 0.6 is 27.3 Å². The molecule has 0 atom stereocenters. The van der Waals surface area contributed by atoms with E-state index in [1.54, 1.807) is 0 Å². The molecule has 0 fully saturated rings. The number of nitrogen functional groups attached to an aromatic ring is 1. The monoisotopic (exact) mass is 228 g/mol. The number of aromatic nitrogens is 1. The molecule has 1 rings (SSSR count). The van der Waals surface area contributed by atoms with E-state index >= 15 is 0 Å². The maximum absolute atomic E-state index is 5.49. The Bertz CT molecular complexity index is 181. The SMILES string of the molecule is C[n+]1cc(Br)sc1N.[Cl-]. The lowest BCUT2D eigenvalue weighted by atomic mass is 10.9. The van der Waals surface area contributed by atoms with Crippen LogP contribution in [0.25, 0.3) is 0 Å². The molecule has 0 unspecified atom stereocenters. The average molecular weight is 230 g/mol. The fraction of sp³-hybridized carbons (Fsp3) is 0.250. The summed E-state index contributed by atoms with van der Waals surface area (Å²) in [5, 5.41) is 0.817. The Morgan fingerprint density at radius 2 is 2.33 bits per heavy atom. The topological polar surface area (TPSA) is 29.9 Å². The third-order valence-corrected chi connectivity index (χ3v) is 2.33. The summed E-state index contributed by atoms with van der Waals surface area (Å²) in [6.07, 6.45) is 1.93. The van der Waals surface area contributed by atoms with Gasteiger partial charge in [0.25, 0.3) is 0 Å². The molecule has 0 radical (unpaired) electrons. The Kier molecular flexibility index (Phi) is 3.46. The Morgan fingerprint density at radius 3 is 2.44 bits per heavy atom. The van der Waals surface area contributed by atoms with Crippen molar-refractivity contribution in [3.05, 3.63) is 9.98 Å². The molecular weight excluding hydrogens is 223 g/mol. The van der Waals surface area contributed by atoms with Crippen molar-refractivity contribution in [2.75, 3.05) is 5.73 Å². The number of anilines is 1. The first kappa shape index (κ1) is 9.20. The molecule has 0 spiro atoms. The lowest BCUT2D eigenvalue weighted by Gasteiger charge is -1.77. The molecule has 0 aliphatic heterocycles. The first-order valence-electron chi connectivity index (χ1n) is 2.10. The molecule has 0 aliphatic rings. The molecule has 2 N–H and O–H groups in total. The van der Waals surface area contributed by atoms with Crippen LogP contribution in [-0.4, -0.2) is 0 Å². The van der Waals surface area contributed by atoms with E-state index in [0.29, 0.717) is 0 Å². The van der Waals surface area contributed by atoms with Gasteiger partial charge in [-0.3, -0.25) is 5.73 Å². The van der Waals surface area contributed by atoms with Gasteiger partial charge < -0.3 is 12.4 Å². The van der Waals surface area contributed by atoms with Crippen molar-refractivity contribution in [3.8, 4) is 0 Å². The van der Waals surface area contributed by atoms with E-state index in [4.69, 9.17) is 5.73 Å². The van der Waals surface area contributed by atoms with E-state index in [1.165, 1.54) is 11.3 Å². The van der Waals surface area contributed by atoms with Crippen LogP contribution in [0.4, 0.5) is 5.13 Å². The summed E-state index contributed by atoms with van der Waals surface area (Å²) in [5.41, 5.74) is 5.49. The molecule has 0 aliphatic carbocycles. The molecule has 0 saturated heterocycles. The number of thiazole rings is 1. The predicted octanol–water partition coefficient (Wildman–Crippen LogP) is -2.08. The summed E-state index contributed by atoms with van der Waals surface area (Å²) in [6.45, 7) is 0. The van der Waals surface area contributed by atoms with Gasteiger partial charge in [-0.05, 0) is 27.3 Å². The van der Waals surface area contributed by atoms with Crippen LogP contribution in [0.5, 0.6) is 0 Å². The molecule has 9 heavy (non-hydrogen) atoms. The maximum atomic E-state index is 5.49. The van der Waals surface area contributed by atoms with Gasteiger partial charge in [0.1, 0.15) is 9.98 Å². The lowest BCUT2D eigenvalue weighted by molar-refractivity contribution is -0.652. The molecule has 0 saturated carbocycles. The van der Waals surface area contributed by atoms with Gasteiger partial charge in [0.05, 0.1) is 7.05 Å². The molecule has 1 heterocycles. The van der Waals surface area contributed by atoms with Crippen molar-refractivity contribution in [2.45, 2.75) is 0 Å². The fourth-order valence-electron chi connectivity index (χ4n) is 0.414.